The lowest BCUT2D eigenvalue weighted by Crippen LogP contribution is -2.28. The third-order valence-corrected chi connectivity index (χ3v) is 2.96. The average Bonchev–Trinajstić information content (AvgIpc) is 2.53. The van der Waals surface area contributed by atoms with Crippen LogP contribution in [0.5, 0.6) is 0 Å². The predicted molar refractivity (Wildman–Crippen MR) is 85.8 cm³/mol. The van der Waals surface area contributed by atoms with Crippen molar-refractivity contribution in [1.29, 1.82) is 0 Å². The minimum absolute atomic E-state index is 0.237. The van der Waals surface area contributed by atoms with Crippen molar-refractivity contribution in [2.45, 2.75) is 13.8 Å². The number of nitrogens with one attached hydrogen (secondary N) is 2. The summed E-state index contributed by atoms with van der Waals surface area (Å²) in [6.45, 7) is 4.59. The Labute approximate surface area is 129 Å². The van der Waals surface area contributed by atoms with Crippen molar-refractivity contribution in [3.05, 3.63) is 59.9 Å². The Morgan fingerprint density at radius 3 is 2.50 bits per heavy atom. The molecule has 1 aromatic heterocycles. The molecule has 0 aliphatic heterocycles. The lowest BCUT2D eigenvalue weighted by Gasteiger charge is -2.08. The number of hydrogen-bond acceptors (Lipinski definition) is 3. The second kappa shape index (κ2) is 7.36. The van der Waals surface area contributed by atoms with Crippen LogP contribution in [-0.4, -0.2) is 23.3 Å². The summed E-state index contributed by atoms with van der Waals surface area (Å²) in [4.78, 5) is 28.2. The molecule has 5 nitrogen and oxygen atoms in total. The van der Waals surface area contributed by atoms with E-state index >= 15 is 0 Å². The first-order valence-electron chi connectivity index (χ1n) is 7.17. The van der Waals surface area contributed by atoms with Gasteiger partial charge in [-0.3, -0.25) is 14.6 Å². The third-order valence-electron chi connectivity index (χ3n) is 2.96. The topological polar surface area (TPSA) is 71.1 Å². The maximum atomic E-state index is 12.2. The van der Waals surface area contributed by atoms with Gasteiger partial charge in [0.25, 0.3) is 11.8 Å². The number of nitrogens with zero attached hydrogens (tertiary/aromatic N) is 1. The number of para-hydroxylation sites is 1. The van der Waals surface area contributed by atoms with E-state index in [0.29, 0.717) is 23.7 Å². The van der Waals surface area contributed by atoms with Crippen LogP contribution in [-0.2, 0) is 0 Å². The molecule has 22 heavy (non-hydrogen) atoms. The van der Waals surface area contributed by atoms with Crippen molar-refractivity contribution in [2.24, 2.45) is 5.92 Å². The largest absolute Gasteiger partial charge is 0.350 e. The smallest absolute Gasteiger partial charge is 0.269 e. The lowest BCUT2D eigenvalue weighted by molar-refractivity contribution is 0.0944. The van der Waals surface area contributed by atoms with Gasteiger partial charge in [0, 0.05) is 24.0 Å². The van der Waals surface area contributed by atoms with E-state index in [9.17, 15) is 9.59 Å². The minimum atomic E-state index is -0.275. The Balaban J connectivity index is 2.07. The molecule has 0 saturated carbocycles. The fraction of sp³-hybridized carbons (Fsp3) is 0.235. The van der Waals surface area contributed by atoms with Crippen LogP contribution in [0.3, 0.4) is 0 Å². The minimum Gasteiger partial charge on any atom is -0.350 e. The highest BCUT2D eigenvalue weighted by Gasteiger charge is 2.12. The zero-order valence-corrected chi connectivity index (χ0v) is 12.7. The monoisotopic (exact) mass is 297 g/mol. The van der Waals surface area contributed by atoms with Crippen molar-refractivity contribution in [2.75, 3.05) is 11.9 Å². The standard InChI is InChI=1S/C17H19N3O2/c1-12(2)11-19-17(22)15-10-13(8-9-18-15)16(21)20-14-6-4-3-5-7-14/h3-10,12H,11H2,1-2H3,(H,19,22)(H,20,21). The van der Waals surface area contributed by atoms with Crippen molar-refractivity contribution < 1.29 is 9.59 Å². The molecule has 0 aliphatic carbocycles. The molecule has 1 aromatic carbocycles. The zero-order chi connectivity index (χ0) is 15.9. The Kier molecular flexibility index (Phi) is 5.25. The van der Waals surface area contributed by atoms with Gasteiger partial charge in [-0.15, -0.1) is 0 Å². The molecule has 0 saturated heterocycles. The molecule has 0 unspecified atom stereocenters. The normalized spacial score (nSPS) is 10.3. The molecule has 2 rings (SSSR count). The van der Waals surface area contributed by atoms with Crippen LogP contribution in [0.15, 0.2) is 48.7 Å². The Bertz CT molecular complexity index is 654. The van der Waals surface area contributed by atoms with Crippen molar-refractivity contribution in [3.8, 4) is 0 Å². The molecule has 0 fully saturated rings. The highest BCUT2D eigenvalue weighted by molar-refractivity contribution is 6.05. The summed E-state index contributed by atoms with van der Waals surface area (Å²) in [6.07, 6.45) is 1.46. The quantitative estimate of drug-likeness (QED) is 0.891. The first kappa shape index (κ1) is 15.7. The summed E-state index contributed by atoms with van der Waals surface area (Å²) in [5.41, 5.74) is 1.34. The van der Waals surface area contributed by atoms with Gasteiger partial charge in [0.1, 0.15) is 5.69 Å². The molecule has 114 valence electrons. The van der Waals surface area contributed by atoms with Crippen molar-refractivity contribution >= 4 is 17.5 Å². The number of rotatable bonds is 5. The van der Waals surface area contributed by atoms with Gasteiger partial charge in [0.2, 0.25) is 0 Å². The number of benzene rings is 1. The molecule has 0 bridgehead atoms. The highest BCUT2D eigenvalue weighted by atomic mass is 16.2. The molecule has 2 amide bonds. The second-order valence-corrected chi connectivity index (χ2v) is 5.35. The number of carbonyl (C=O) groups is 2. The van der Waals surface area contributed by atoms with Gasteiger partial charge >= 0.3 is 0 Å². The van der Waals surface area contributed by atoms with Gasteiger partial charge in [-0.1, -0.05) is 32.0 Å². The maximum absolute atomic E-state index is 12.2. The van der Waals surface area contributed by atoms with Gasteiger partial charge in [-0.25, -0.2) is 0 Å². The number of pyridine rings is 1. The second-order valence-electron chi connectivity index (χ2n) is 5.35. The summed E-state index contributed by atoms with van der Waals surface area (Å²) in [6, 6.07) is 12.2. The molecular weight excluding hydrogens is 278 g/mol. The van der Waals surface area contributed by atoms with Gasteiger partial charge in [-0.2, -0.15) is 0 Å². The predicted octanol–water partition coefficient (Wildman–Crippen LogP) is 2.72. The van der Waals surface area contributed by atoms with Gasteiger partial charge < -0.3 is 10.6 Å². The Morgan fingerprint density at radius 1 is 1.09 bits per heavy atom. The van der Waals surface area contributed by atoms with Gasteiger partial charge in [0.05, 0.1) is 0 Å². The average molecular weight is 297 g/mol. The molecule has 0 spiro atoms. The SMILES string of the molecule is CC(C)CNC(=O)c1cc(C(=O)Nc2ccccc2)ccn1. The lowest BCUT2D eigenvalue weighted by atomic mass is 10.2. The Hall–Kier alpha value is -2.69. The van der Waals surface area contributed by atoms with E-state index in [1.807, 2.05) is 32.0 Å². The van der Waals surface area contributed by atoms with Gasteiger partial charge in [0.15, 0.2) is 0 Å². The number of hydrogen-bond donors (Lipinski definition) is 2. The van der Waals surface area contributed by atoms with Crippen LogP contribution < -0.4 is 10.6 Å². The van der Waals surface area contributed by atoms with Crippen LogP contribution >= 0.6 is 0 Å². The van der Waals surface area contributed by atoms with E-state index in [1.165, 1.54) is 12.3 Å². The fourth-order valence-corrected chi connectivity index (χ4v) is 1.81. The molecule has 0 aliphatic rings. The summed E-state index contributed by atoms with van der Waals surface area (Å²) in [5.74, 6) is -0.192. The van der Waals surface area contributed by atoms with Crippen LogP contribution in [0.1, 0.15) is 34.7 Å². The fourth-order valence-electron chi connectivity index (χ4n) is 1.81. The Morgan fingerprint density at radius 2 is 1.82 bits per heavy atom. The molecular formula is C17H19N3O2. The van der Waals surface area contributed by atoms with Crippen molar-refractivity contribution in [3.63, 3.8) is 0 Å². The maximum Gasteiger partial charge on any atom is 0.269 e. The summed E-state index contributed by atoms with van der Waals surface area (Å²) >= 11 is 0. The van der Waals surface area contributed by atoms with E-state index in [-0.39, 0.29) is 17.5 Å². The van der Waals surface area contributed by atoms with E-state index < -0.39 is 0 Å². The van der Waals surface area contributed by atoms with E-state index in [0.717, 1.165) is 0 Å². The third kappa shape index (κ3) is 4.41. The molecule has 2 aromatic rings. The van der Waals surface area contributed by atoms with E-state index in [4.69, 9.17) is 0 Å². The molecule has 5 heteroatoms. The van der Waals surface area contributed by atoms with Crippen LogP contribution in [0.25, 0.3) is 0 Å². The van der Waals surface area contributed by atoms with Crippen LogP contribution in [0.2, 0.25) is 0 Å². The summed E-state index contributed by atoms with van der Waals surface area (Å²) < 4.78 is 0. The number of carbonyl (C=O) groups excluding carboxylic acids is 2. The number of anilines is 1. The van der Waals surface area contributed by atoms with Gasteiger partial charge in [-0.05, 0) is 30.2 Å². The van der Waals surface area contributed by atoms with Crippen LogP contribution in [0, 0.1) is 5.92 Å². The number of amides is 2. The molecule has 2 N–H and O–H groups in total. The first-order valence-corrected chi connectivity index (χ1v) is 7.17. The molecule has 1 heterocycles. The highest BCUT2D eigenvalue weighted by Crippen LogP contribution is 2.09. The molecule has 0 atom stereocenters. The van der Waals surface area contributed by atoms with E-state index in [1.54, 1.807) is 18.2 Å². The first-order chi connectivity index (χ1) is 10.6. The van der Waals surface area contributed by atoms with Crippen molar-refractivity contribution in [1.82, 2.24) is 10.3 Å². The zero-order valence-electron chi connectivity index (χ0n) is 12.7. The summed E-state index contributed by atoms with van der Waals surface area (Å²) in [5, 5.41) is 5.56. The number of aromatic nitrogens is 1. The van der Waals surface area contributed by atoms with Crippen LogP contribution in [0.4, 0.5) is 5.69 Å². The summed E-state index contributed by atoms with van der Waals surface area (Å²) in [7, 11) is 0. The van der Waals surface area contributed by atoms with E-state index in [2.05, 4.69) is 15.6 Å². The molecule has 0 radical (unpaired) electrons.